The van der Waals surface area contributed by atoms with Gasteiger partial charge in [-0.1, -0.05) is 43.3 Å². The number of rotatable bonds is 8. The van der Waals surface area contributed by atoms with Gasteiger partial charge >= 0.3 is 5.97 Å². The van der Waals surface area contributed by atoms with Gasteiger partial charge in [0, 0.05) is 16.3 Å². The molecule has 0 aliphatic carbocycles. The standard InChI is InChI=1S/C23H25FN4O2S2/c1-4-5-11-30-21(29)18-15(3)25-22-26-23(32-13-16-8-6-7-9-17(16)24)27-28(22)19(18)20-14(2)10-12-31-20/h6-10,12,19H,4-5,11,13H2,1-3H3,(H,25,26,27). The van der Waals surface area contributed by atoms with Crippen molar-refractivity contribution in [1.29, 1.82) is 0 Å². The van der Waals surface area contributed by atoms with Crippen molar-refractivity contribution in [3.8, 4) is 0 Å². The molecule has 9 heteroatoms. The molecule has 4 rings (SSSR count). The molecule has 2 aromatic heterocycles. The Morgan fingerprint density at radius 3 is 2.84 bits per heavy atom. The molecule has 0 radical (unpaired) electrons. The molecule has 1 unspecified atom stereocenters. The highest BCUT2D eigenvalue weighted by atomic mass is 32.2. The largest absolute Gasteiger partial charge is 0.462 e. The van der Waals surface area contributed by atoms with E-state index < -0.39 is 6.04 Å². The van der Waals surface area contributed by atoms with Gasteiger partial charge in [-0.2, -0.15) is 4.98 Å². The molecule has 32 heavy (non-hydrogen) atoms. The zero-order valence-electron chi connectivity index (χ0n) is 18.2. The number of hydrogen-bond acceptors (Lipinski definition) is 7. The summed E-state index contributed by atoms with van der Waals surface area (Å²) in [4.78, 5) is 18.7. The highest BCUT2D eigenvalue weighted by Gasteiger charge is 2.36. The van der Waals surface area contributed by atoms with Gasteiger partial charge in [0.05, 0.1) is 12.2 Å². The van der Waals surface area contributed by atoms with E-state index in [0.717, 1.165) is 23.3 Å². The summed E-state index contributed by atoms with van der Waals surface area (Å²) >= 11 is 2.94. The Hall–Kier alpha value is -2.65. The molecule has 1 aliphatic heterocycles. The Labute approximate surface area is 194 Å². The van der Waals surface area contributed by atoms with Crippen LogP contribution in [0.25, 0.3) is 0 Å². The van der Waals surface area contributed by atoms with E-state index in [4.69, 9.17) is 4.74 Å². The average molecular weight is 473 g/mol. The number of anilines is 1. The molecule has 0 saturated carbocycles. The lowest BCUT2D eigenvalue weighted by atomic mass is 10.00. The number of hydrogen-bond donors (Lipinski definition) is 1. The number of unbranched alkanes of at least 4 members (excludes halogenated alkanes) is 1. The molecule has 0 bridgehead atoms. The first kappa shape index (κ1) is 22.5. The Bertz CT molecular complexity index is 1150. The molecule has 1 N–H and O–H groups in total. The Kier molecular flexibility index (Phi) is 6.95. The first-order valence-electron chi connectivity index (χ1n) is 10.5. The fourth-order valence-corrected chi connectivity index (χ4v) is 5.34. The second-order valence-electron chi connectivity index (χ2n) is 7.57. The second kappa shape index (κ2) is 9.87. The number of thiophene rings is 1. The van der Waals surface area contributed by atoms with Crippen LogP contribution in [0, 0.1) is 12.7 Å². The van der Waals surface area contributed by atoms with Crippen LogP contribution in [0.3, 0.4) is 0 Å². The van der Waals surface area contributed by atoms with Gasteiger partial charge in [0.2, 0.25) is 11.1 Å². The molecule has 1 aliphatic rings. The van der Waals surface area contributed by atoms with Gasteiger partial charge in [-0.3, -0.25) is 0 Å². The molecule has 3 aromatic rings. The van der Waals surface area contributed by atoms with Gasteiger partial charge < -0.3 is 10.1 Å². The molecule has 6 nitrogen and oxygen atoms in total. The molecule has 3 heterocycles. The average Bonchev–Trinajstić information content (AvgIpc) is 3.37. The number of aryl methyl sites for hydroxylation is 1. The number of allylic oxidation sites excluding steroid dienone is 1. The maximum atomic E-state index is 14.0. The van der Waals surface area contributed by atoms with Crippen LogP contribution in [0.4, 0.5) is 10.3 Å². The maximum Gasteiger partial charge on any atom is 0.338 e. The van der Waals surface area contributed by atoms with Crippen molar-refractivity contribution in [1.82, 2.24) is 14.8 Å². The molecule has 1 aromatic carbocycles. The summed E-state index contributed by atoms with van der Waals surface area (Å²) < 4.78 is 21.3. The van der Waals surface area contributed by atoms with Crippen LogP contribution in [-0.4, -0.2) is 27.3 Å². The van der Waals surface area contributed by atoms with Gasteiger partial charge in [-0.15, -0.1) is 16.4 Å². The number of fused-ring (bicyclic) bond motifs is 1. The second-order valence-corrected chi connectivity index (χ2v) is 9.46. The van der Waals surface area contributed by atoms with Gasteiger partial charge in [0.15, 0.2) is 0 Å². The minimum Gasteiger partial charge on any atom is -0.462 e. The predicted molar refractivity (Wildman–Crippen MR) is 125 cm³/mol. The fraction of sp³-hybridized carbons (Fsp3) is 0.348. The Morgan fingerprint density at radius 1 is 1.31 bits per heavy atom. The lowest BCUT2D eigenvalue weighted by Gasteiger charge is -2.27. The highest BCUT2D eigenvalue weighted by molar-refractivity contribution is 7.98. The van der Waals surface area contributed by atoms with E-state index in [0.29, 0.717) is 40.3 Å². The number of benzene rings is 1. The van der Waals surface area contributed by atoms with Crippen LogP contribution < -0.4 is 5.32 Å². The number of nitrogens with zero attached hydrogens (tertiary/aromatic N) is 3. The fourth-order valence-electron chi connectivity index (χ4n) is 3.51. The van der Waals surface area contributed by atoms with Crippen molar-refractivity contribution >= 4 is 35.0 Å². The van der Waals surface area contributed by atoms with Crippen LogP contribution >= 0.6 is 23.1 Å². The molecule has 0 spiro atoms. The zero-order chi connectivity index (χ0) is 22.7. The number of esters is 1. The third-order valence-corrected chi connectivity index (χ3v) is 7.21. The normalized spacial score (nSPS) is 15.4. The molecular weight excluding hydrogens is 447 g/mol. The number of ether oxygens (including phenoxy) is 1. The Balaban J connectivity index is 1.65. The molecule has 0 fully saturated rings. The van der Waals surface area contributed by atoms with E-state index in [2.05, 4.69) is 22.3 Å². The molecule has 1 atom stereocenters. The smallest absolute Gasteiger partial charge is 0.338 e. The summed E-state index contributed by atoms with van der Waals surface area (Å²) in [5.41, 5.74) is 2.92. The van der Waals surface area contributed by atoms with Gasteiger partial charge in [-0.05, 0) is 48.9 Å². The number of aromatic nitrogens is 3. The van der Waals surface area contributed by atoms with Crippen molar-refractivity contribution in [2.75, 3.05) is 11.9 Å². The number of halogens is 1. The first-order valence-corrected chi connectivity index (χ1v) is 12.4. The van der Waals surface area contributed by atoms with Crippen molar-refractivity contribution in [2.24, 2.45) is 0 Å². The topological polar surface area (TPSA) is 69.0 Å². The molecule has 0 saturated heterocycles. The number of nitrogens with one attached hydrogen (secondary N) is 1. The molecule has 0 amide bonds. The van der Waals surface area contributed by atoms with Crippen molar-refractivity contribution in [2.45, 2.75) is 50.6 Å². The van der Waals surface area contributed by atoms with Gasteiger partial charge in [-0.25, -0.2) is 13.9 Å². The zero-order valence-corrected chi connectivity index (χ0v) is 19.9. The van der Waals surface area contributed by atoms with Crippen molar-refractivity contribution < 1.29 is 13.9 Å². The SMILES string of the molecule is CCCCOC(=O)C1=C(C)Nc2nc(SCc3ccccc3F)nn2C1c1sccc1C. The summed E-state index contributed by atoms with van der Waals surface area (Å²) in [6.45, 7) is 6.32. The maximum absolute atomic E-state index is 14.0. The minimum absolute atomic E-state index is 0.246. The first-order chi connectivity index (χ1) is 15.5. The van der Waals surface area contributed by atoms with E-state index >= 15 is 0 Å². The van der Waals surface area contributed by atoms with Crippen LogP contribution in [0.1, 0.15) is 48.7 Å². The lowest BCUT2D eigenvalue weighted by molar-refractivity contribution is -0.139. The van der Waals surface area contributed by atoms with Gasteiger partial charge in [0.1, 0.15) is 11.9 Å². The lowest BCUT2D eigenvalue weighted by Crippen LogP contribution is -2.29. The van der Waals surface area contributed by atoms with Crippen LogP contribution in [0.2, 0.25) is 0 Å². The quantitative estimate of drug-likeness (QED) is 0.257. The predicted octanol–water partition coefficient (Wildman–Crippen LogP) is 5.71. The minimum atomic E-state index is -0.421. The molecular formula is C23H25FN4O2S2. The van der Waals surface area contributed by atoms with E-state index in [9.17, 15) is 9.18 Å². The van der Waals surface area contributed by atoms with Gasteiger partial charge in [0.25, 0.3) is 0 Å². The summed E-state index contributed by atoms with van der Waals surface area (Å²) in [7, 11) is 0. The van der Waals surface area contributed by atoms with Crippen LogP contribution in [0.15, 0.2) is 52.1 Å². The van der Waals surface area contributed by atoms with Crippen LogP contribution in [0.5, 0.6) is 0 Å². The van der Waals surface area contributed by atoms with E-state index in [1.807, 2.05) is 31.4 Å². The molecule has 168 valence electrons. The van der Waals surface area contributed by atoms with Crippen LogP contribution in [-0.2, 0) is 15.3 Å². The van der Waals surface area contributed by atoms with Crippen molar-refractivity contribution in [3.05, 3.63) is 68.8 Å². The summed E-state index contributed by atoms with van der Waals surface area (Å²) in [6, 6.07) is 8.29. The number of carbonyl (C=O) groups excluding carboxylic acids is 1. The third-order valence-electron chi connectivity index (χ3n) is 5.25. The van der Waals surface area contributed by atoms with E-state index in [-0.39, 0.29) is 11.8 Å². The van der Waals surface area contributed by atoms with Crippen molar-refractivity contribution in [3.63, 3.8) is 0 Å². The summed E-state index contributed by atoms with van der Waals surface area (Å²) in [5.74, 6) is 0.380. The summed E-state index contributed by atoms with van der Waals surface area (Å²) in [6.07, 6.45) is 1.77. The number of carbonyl (C=O) groups is 1. The van der Waals surface area contributed by atoms with E-state index in [1.54, 1.807) is 28.2 Å². The highest BCUT2D eigenvalue weighted by Crippen LogP contribution is 2.40. The monoisotopic (exact) mass is 472 g/mol. The van der Waals surface area contributed by atoms with E-state index in [1.165, 1.54) is 17.8 Å². The number of thioether (sulfide) groups is 1. The summed E-state index contributed by atoms with van der Waals surface area (Å²) in [5, 5.41) is 10.4. The third kappa shape index (κ3) is 4.59. The Morgan fingerprint density at radius 2 is 2.12 bits per heavy atom.